The van der Waals surface area contributed by atoms with Crippen LogP contribution in [0, 0.1) is 0 Å². The lowest BCUT2D eigenvalue weighted by atomic mass is 10.0. The van der Waals surface area contributed by atoms with E-state index < -0.39 is 24.0 Å². The number of rotatable bonds is 3. The van der Waals surface area contributed by atoms with Gasteiger partial charge in [0.15, 0.2) is 0 Å². The molecule has 3 aromatic rings. The largest absolute Gasteiger partial charge is 0.416 e. The molecule has 0 saturated carbocycles. The van der Waals surface area contributed by atoms with Gasteiger partial charge in [0.25, 0.3) is 0 Å². The zero-order chi connectivity index (χ0) is 19.0. The molecular weight excluding hydrogens is 360 g/mol. The molecule has 1 saturated heterocycles. The van der Waals surface area contributed by atoms with Crippen LogP contribution < -0.4 is 10.6 Å². The van der Waals surface area contributed by atoms with Gasteiger partial charge in [0.05, 0.1) is 17.1 Å². The molecule has 4 nitrogen and oxygen atoms in total. The standard InChI is InChI=1S/C19H16F4N4/c20-15-9-24-10-16(15)27-18-13-2-1-7-25-17(13)14(8-26-18)11-3-5-12(6-4-11)19(21,22)23/h1-8,15-16,24H,9-10H2,(H,26,27)/t15-,16+/m0/s1. The van der Waals surface area contributed by atoms with Crippen molar-refractivity contribution >= 4 is 16.7 Å². The zero-order valence-electron chi connectivity index (χ0n) is 14.1. The van der Waals surface area contributed by atoms with E-state index in [9.17, 15) is 17.6 Å². The molecule has 27 heavy (non-hydrogen) atoms. The highest BCUT2D eigenvalue weighted by Gasteiger charge is 2.30. The van der Waals surface area contributed by atoms with Gasteiger partial charge in [0.1, 0.15) is 12.0 Å². The molecule has 2 aromatic heterocycles. The summed E-state index contributed by atoms with van der Waals surface area (Å²) >= 11 is 0. The van der Waals surface area contributed by atoms with Crippen LogP contribution in [0.5, 0.6) is 0 Å². The van der Waals surface area contributed by atoms with Crippen molar-refractivity contribution in [2.75, 3.05) is 18.4 Å². The van der Waals surface area contributed by atoms with Gasteiger partial charge >= 0.3 is 6.18 Å². The van der Waals surface area contributed by atoms with E-state index in [1.54, 1.807) is 24.5 Å². The molecule has 0 amide bonds. The van der Waals surface area contributed by atoms with Gasteiger partial charge in [-0.3, -0.25) is 4.98 Å². The molecule has 0 radical (unpaired) electrons. The molecule has 1 aromatic carbocycles. The number of nitrogens with zero attached hydrogens (tertiary/aromatic N) is 2. The van der Waals surface area contributed by atoms with Crippen LogP contribution in [0.4, 0.5) is 23.4 Å². The quantitative estimate of drug-likeness (QED) is 0.678. The van der Waals surface area contributed by atoms with Gasteiger partial charge in [-0.25, -0.2) is 9.37 Å². The highest BCUT2D eigenvalue weighted by atomic mass is 19.4. The van der Waals surface area contributed by atoms with Gasteiger partial charge in [-0.1, -0.05) is 12.1 Å². The first kappa shape index (κ1) is 17.7. The summed E-state index contributed by atoms with van der Waals surface area (Å²) < 4.78 is 52.2. The van der Waals surface area contributed by atoms with Gasteiger partial charge in [0, 0.05) is 36.4 Å². The van der Waals surface area contributed by atoms with E-state index in [4.69, 9.17) is 0 Å². The summed E-state index contributed by atoms with van der Waals surface area (Å²) in [5, 5.41) is 6.77. The Morgan fingerprint density at radius 1 is 1.04 bits per heavy atom. The number of hydrogen-bond acceptors (Lipinski definition) is 4. The maximum absolute atomic E-state index is 13.9. The van der Waals surface area contributed by atoms with Crippen LogP contribution in [0.15, 0.2) is 48.8 Å². The first-order valence-corrected chi connectivity index (χ1v) is 8.46. The van der Waals surface area contributed by atoms with Crippen molar-refractivity contribution in [3.63, 3.8) is 0 Å². The number of halogens is 4. The normalized spacial score (nSPS) is 20.1. The Hall–Kier alpha value is -2.74. The molecule has 2 atom stereocenters. The van der Waals surface area contributed by atoms with Crippen molar-refractivity contribution in [3.05, 3.63) is 54.4 Å². The smallest absolute Gasteiger partial charge is 0.363 e. The van der Waals surface area contributed by atoms with Crippen LogP contribution in [-0.2, 0) is 6.18 Å². The van der Waals surface area contributed by atoms with Crippen molar-refractivity contribution in [2.24, 2.45) is 0 Å². The number of anilines is 1. The molecule has 8 heteroatoms. The third-order valence-electron chi connectivity index (χ3n) is 4.63. The fraction of sp³-hybridized carbons (Fsp3) is 0.263. The van der Waals surface area contributed by atoms with E-state index in [-0.39, 0.29) is 6.54 Å². The van der Waals surface area contributed by atoms with E-state index in [0.717, 1.165) is 12.1 Å². The molecule has 2 N–H and O–H groups in total. The molecule has 0 unspecified atom stereocenters. The Bertz CT molecular complexity index is 956. The number of pyridine rings is 2. The average molecular weight is 376 g/mol. The van der Waals surface area contributed by atoms with Crippen LogP contribution in [-0.4, -0.2) is 35.3 Å². The van der Waals surface area contributed by atoms with Crippen LogP contribution in [0.1, 0.15) is 5.56 Å². The van der Waals surface area contributed by atoms with E-state index >= 15 is 0 Å². The molecule has 0 spiro atoms. The number of nitrogens with one attached hydrogen (secondary N) is 2. The number of fused-ring (bicyclic) bond motifs is 1. The van der Waals surface area contributed by atoms with Gasteiger partial charge < -0.3 is 10.6 Å². The molecule has 1 aliphatic rings. The lowest BCUT2D eigenvalue weighted by Crippen LogP contribution is -2.29. The minimum absolute atomic E-state index is 0.289. The first-order valence-electron chi connectivity index (χ1n) is 8.46. The summed E-state index contributed by atoms with van der Waals surface area (Å²) in [7, 11) is 0. The van der Waals surface area contributed by atoms with Crippen LogP contribution >= 0.6 is 0 Å². The minimum atomic E-state index is -4.39. The Labute approximate surface area is 152 Å². The number of aromatic nitrogens is 2. The summed E-state index contributed by atoms with van der Waals surface area (Å²) in [5.74, 6) is 0.505. The van der Waals surface area contributed by atoms with E-state index in [2.05, 4.69) is 20.6 Å². The zero-order valence-corrected chi connectivity index (χ0v) is 14.1. The van der Waals surface area contributed by atoms with Gasteiger partial charge in [-0.2, -0.15) is 13.2 Å². The van der Waals surface area contributed by atoms with Crippen molar-refractivity contribution in [2.45, 2.75) is 18.4 Å². The van der Waals surface area contributed by atoms with Crippen LogP contribution in [0.3, 0.4) is 0 Å². The van der Waals surface area contributed by atoms with E-state index in [1.807, 2.05) is 0 Å². The molecule has 140 valence electrons. The summed E-state index contributed by atoms with van der Waals surface area (Å²) in [6, 6.07) is 8.03. The number of hydrogen-bond donors (Lipinski definition) is 2. The second kappa shape index (κ2) is 6.77. The Balaban J connectivity index is 1.73. The van der Waals surface area contributed by atoms with Crippen molar-refractivity contribution in [3.8, 4) is 11.1 Å². The highest BCUT2D eigenvalue weighted by molar-refractivity contribution is 5.99. The number of alkyl halides is 4. The molecule has 4 rings (SSSR count). The van der Waals surface area contributed by atoms with Gasteiger partial charge in [-0.05, 0) is 29.8 Å². The molecule has 0 aliphatic carbocycles. The van der Waals surface area contributed by atoms with Crippen LogP contribution in [0.2, 0.25) is 0 Å². The third kappa shape index (κ3) is 3.44. The molecule has 1 aliphatic heterocycles. The highest BCUT2D eigenvalue weighted by Crippen LogP contribution is 2.34. The number of benzene rings is 1. The van der Waals surface area contributed by atoms with Crippen molar-refractivity contribution < 1.29 is 17.6 Å². The lowest BCUT2D eigenvalue weighted by molar-refractivity contribution is -0.137. The monoisotopic (exact) mass is 376 g/mol. The second-order valence-electron chi connectivity index (χ2n) is 6.42. The van der Waals surface area contributed by atoms with E-state index in [0.29, 0.717) is 34.4 Å². The average Bonchev–Trinajstić information content (AvgIpc) is 3.06. The first-order chi connectivity index (χ1) is 12.9. The fourth-order valence-corrected chi connectivity index (χ4v) is 3.20. The SMILES string of the molecule is F[C@H]1CNC[C@H]1Nc1ncc(-c2ccc(C(F)(F)F)cc2)c2ncccc12. The predicted octanol–water partition coefficient (Wildman–Crippen LogP) is 4.04. The topological polar surface area (TPSA) is 49.8 Å². The summed E-state index contributed by atoms with van der Waals surface area (Å²) in [6.45, 7) is 0.781. The maximum atomic E-state index is 13.9. The summed E-state index contributed by atoms with van der Waals surface area (Å²) in [4.78, 5) is 8.76. The van der Waals surface area contributed by atoms with Crippen LogP contribution in [0.25, 0.3) is 22.0 Å². The Kier molecular flexibility index (Phi) is 4.43. The third-order valence-corrected chi connectivity index (χ3v) is 4.63. The van der Waals surface area contributed by atoms with Gasteiger partial charge in [0.2, 0.25) is 0 Å². The van der Waals surface area contributed by atoms with Crippen molar-refractivity contribution in [1.82, 2.24) is 15.3 Å². The summed E-state index contributed by atoms with van der Waals surface area (Å²) in [6.07, 6.45) is -2.25. The minimum Gasteiger partial charge on any atom is -0.363 e. The lowest BCUT2D eigenvalue weighted by Gasteiger charge is -2.17. The maximum Gasteiger partial charge on any atom is 0.416 e. The molecule has 3 heterocycles. The second-order valence-corrected chi connectivity index (χ2v) is 6.42. The fourth-order valence-electron chi connectivity index (χ4n) is 3.20. The van der Waals surface area contributed by atoms with E-state index in [1.165, 1.54) is 12.1 Å². The van der Waals surface area contributed by atoms with Crippen molar-refractivity contribution in [1.29, 1.82) is 0 Å². The molecule has 1 fully saturated rings. The summed E-state index contributed by atoms with van der Waals surface area (Å²) in [5.41, 5.74) is 1.08. The predicted molar refractivity (Wildman–Crippen MR) is 95.2 cm³/mol. The Morgan fingerprint density at radius 3 is 2.48 bits per heavy atom. The Morgan fingerprint density at radius 2 is 1.81 bits per heavy atom. The van der Waals surface area contributed by atoms with Gasteiger partial charge in [-0.15, -0.1) is 0 Å². The molecular formula is C19H16F4N4. The molecule has 0 bridgehead atoms.